The molecular formula is C23H25N3O5. The van der Waals surface area contributed by atoms with Crippen molar-refractivity contribution in [2.45, 2.75) is 38.0 Å². The monoisotopic (exact) mass is 423 g/mol. The van der Waals surface area contributed by atoms with Gasteiger partial charge in [0.2, 0.25) is 0 Å². The van der Waals surface area contributed by atoms with Crippen molar-refractivity contribution in [2.24, 2.45) is 0 Å². The van der Waals surface area contributed by atoms with E-state index in [9.17, 15) is 19.8 Å². The molecule has 5 N–H and O–H groups in total. The summed E-state index contributed by atoms with van der Waals surface area (Å²) < 4.78 is 0. The molecule has 0 aliphatic heterocycles. The summed E-state index contributed by atoms with van der Waals surface area (Å²) >= 11 is 0. The minimum Gasteiger partial charge on any atom is -0.479 e. The number of hydrogen-bond donors (Lipinski definition) is 5. The summed E-state index contributed by atoms with van der Waals surface area (Å²) in [5, 5.41) is 37.7. The fraction of sp³-hybridized carbons (Fsp3) is 0.261. The number of carbonyl (C=O) groups excluding carboxylic acids is 1. The molecule has 0 bridgehead atoms. The number of nitrogens with one attached hydrogen (secondary N) is 2. The van der Waals surface area contributed by atoms with Crippen molar-refractivity contribution in [1.29, 1.82) is 0 Å². The minimum atomic E-state index is -1.61. The van der Waals surface area contributed by atoms with Crippen LogP contribution in [0.1, 0.15) is 41.2 Å². The number of carboxylic acid groups (broad SMARTS) is 1. The molecule has 3 unspecified atom stereocenters. The SMILES string of the molecule is CC(O)c1cc(C(=O)NC(Cc2ccc(-c3ccccc3)cc2)CC(O)C(=O)O)n[nH]1. The van der Waals surface area contributed by atoms with Gasteiger partial charge in [-0.3, -0.25) is 9.89 Å². The maximum Gasteiger partial charge on any atom is 0.332 e. The molecule has 31 heavy (non-hydrogen) atoms. The lowest BCUT2D eigenvalue weighted by Crippen LogP contribution is -2.40. The molecule has 1 heterocycles. The molecular weight excluding hydrogens is 398 g/mol. The van der Waals surface area contributed by atoms with E-state index in [0.29, 0.717) is 12.1 Å². The van der Waals surface area contributed by atoms with Crippen molar-refractivity contribution in [2.75, 3.05) is 0 Å². The molecule has 0 spiro atoms. The number of hydrogen-bond acceptors (Lipinski definition) is 5. The first-order chi connectivity index (χ1) is 14.8. The van der Waals surface area contributed by atoms with Crippen molar-refractivity contribution in [3.05, 3.63) is 77.6 Å². The number of aliphatic hydroxyl groups is 2. The van der Waals surface area contributed by atoms with Crippen LogP contribution in [0.4, 0.5) is 0 Å². The third-order valence-electron chi connectivity index (χ3n) is 4.95. The van der Waals surface area contributed by atoms with Crippen LogP contribution in [0, 0.1) is 0 Å². The molecule has 3 rings (SSSR count). The van der Waals surface area contributed by atoms with E-state index in [1.54, 1.807) is 6.92 Å². The second-order valence-corrected chi connectivity index (χ2v) is 7.41. The Morgan fingerprint density at radius 2 is 1.68 bits per heavy atom. The summed E-state index contributed by atoms with van der Waals surface area (Å²) in [4.78, 5) is 23.7. The lowest BCUT2D eigenvalue weighted by molar-refractivity contribution is -0.147. The summed E-state index contributed by atoms with van der Waals surface area (Å²) in [5.41, 5.74) is 3.47. The van der Waals surface area contributed by atoms with Crippen molar-refractivity contribution in [1.82, 2.24) is 15.5 Å². The predicted molar refractivity (Wildman–Crippen MR) is 114 cm³/mol. The summed E-state index contributed by atoms with van der Waals surface area (Å²) in [5.74, 6) is -1.87. The molecule has 1 aromatic heterocycles. The molecule has 2 aromatic carbocycles. The summed E-state index contributed by atoms with van der Waals surface area (Å²) in [6.07, 6.45) is -2.24. The molecule has 0 saturated heterocycles. The van der Waals surface area contributed by atoms with E-state index in [4.69, 9.17) is 5.11 Å². The van der Waals surface area contributed by atoms with Gasteiger partial charge in [0.05, 0.1) is 11.8 Å². The lowest BCUT2D eigenvalue weighted by Gasteiger charge is -2.20. The fourth-order valence-corrected chi connectivity index (χ4v) is 3.24. The number of rotatable bonds is 9. The van der Waals surface area contributed by atoms with Crippen LogP contribution < -0.4 is 5.32 Å². The van der Waals surface area contributed by atoms with E-state index in [1.165, 1.54) is 6.07 Å². The predicted octanol–water partition coefficient (Wildman–Crippen LogP) is 2.31. The molecule has 3 atom stereocenters. The van der Waals surface area contributed by atoms with Gasteiger partial charge in [-0.05, 0) is 36.1 Å². The minimum absolute atomic E-state index is 0.0742. The molecule has 8 nitrogen and oxygen atoms in total. The first-order valence-electron chi connectivity index (χ1n) is 9.93. The number of amides is 1. The largest absolute Gasteiger partial charge is 0.479 e. The molecule has 3 aromatic rings. The van der Waals surface area contributed by atoms with Gasteiger partial charge >= 0.3 is 5.97 Å². The highest BCUT2D eigenvalue weighted by Gasteiger charge is 2.23. The number of carbonyl (C=O) groups is 2. The Balaban J connectivity index is 1.73. The van der Waals surface area contributed by atoms with Crippen LogP contribution in [-0.2, 0) is 11.2 Å². The zero-order valence-corrected chi connectivity index (χ0v) is 17.0. The highest BCUT2D eigenvalue weighted by atomic mass is 16.4. The molecule has 0 fully saturated rings. The van der Waals surface area contributed by atoms with Crippen molar-refractivity contribution in [3.63, 3.8) is 0 Å². The van der Waals surface area contributed by atoms with Gasteiger partial charge in [-0.15, -0.1) is 0 Å². The normalized spacial score (nSPS) is 13.9. The number of H-pyrrole nitrogens is 1. The van der Waals surface area contributed by atoms with Crippen molar-refractivity contribution >= 4 is 11.9 Å². The summed E-state index contributed by atoms with van der Waals surface area (Å²) in [6, 6.07) is 18.4. The summed E-state index contributed by atoms with van der Waals surface area (Å²) in [6.45, 7) is 1.54. The van der Waals surface area contributed by atoms with E-state index >= 15 is 0 Å². The van der Waals surface area contributed by atoms with E-state index in [2.05, 4.69) is 15.5 Å². The molecule has 0 radical (unpaired) electrons. The Kier molecular flexibility index (Phi) is 7.17. The maximum atomic E-state index is 12.6. The first-order valence-corrected chi connectivity index (χ1v) is 9.93. The average Bonchev–Trinajstić information content (AvgIpc) is 3.25. The molecule has 0 saturated carbocycles. The average molecular weight is 423 g/mol. The second-order valence-electron chi connectivity index (χ2n) is 7.41. The van der Waals surface area contributed by atoms with Crippen LogP contribution in [0.5, 0.6) is 0 Å². The van der Waals surface area contributed by atoms with Crippen LogP contribution in [0.3, 0.4) is 0 Å². The van der Waals surface area contributed by atoms with Crippen LogP contribution in [0.25, 0.3) is 11.1 Å². The maximum absolute atomic E-state index is 12.6. The van der Waals surface area contributed by atoms with Gasteiger partial charge in [0.1, 0.15) is 5.69 Å². The van der Waals surface area contributed by atoms with Gasteiger partial charge in [-0.1, -0.05) is 54.6 Å². The van der Waals surface area contributed by atoms with E-state index < -0.39 is 30.1 Å². The fourth-order valence-electron chi connectivity index (χ4n) is 3.24. The number of aliphatic carboxylic acids is 1. The first kappa shape index (κ1) is 22.2. The number of aromatic nitrogens is 2. The Labute approximate surface area is 179 Å². The zero-order valence-electron chi connectivity index (χ0n) is 17.0. The van der Waals surface area contributed by atoms with Crippen LogP contribution >= 0.6 is 0 Å². The molecule has 0 aliphatic carbocycles. The number of nitrogens with zero attached hydrogens (tertiary/aromatic N) is 1. The van der Waals surface area contributed by atoms with Gasteiger partial charge in [-0.2, -0.15) is 5.10 Å². The van der Waals surface area contributed by atoms with Crippen LogP contribution in [0.15, 0.2) is 60.7 Å². The Hall–Kier alpha value is -3.49. The summed E-state index contributed by atoms with van der Waals surface area (Å²) in [7, 11) is 0. The van der Waals surface area contributed by atoms with E-state index in [-0.39, 0.29) is 12.1 Å². The van der Waals surface area contributed by atoms with Gasteiger partial charge in [0, 0.05) is 12.5 Å². The van der Waals surface area contributed by atoms with Crippen LogP contribution in [-0.4, -0.2) is 49.5 Å². The van der Waals surface area contributed by atoms with Gasteiger partial charge in [0.25, 0.3) is 5.91 Å². The quantitative estimate of drug-likeness (QED) is 0.358. The number of aliphatic hydroxyl groups excluding tert-OH is 2. The Morgan fingerprint density at radius 3 is 2.26 bits per heavy atom. The topological polar surface area (TPSA) is 136 Å². The van der Waals surface area contributed by atoms with Gasteiger partial charge < -0.3 is 20.6 Å². The van der Waals surface area contributed by atoms with E-state index in [1.807, 2.05) is 54.6 Å². The lowest BCUT2D eigenvalue weighted by atomic mass is 9.97. The van der Waals surface area contributed by atoms with Gasteiger partial charge in [-0.25, -0.2) is 4.79 Å². The molecule has 8 heteroatoms. The third kappa shape index (κ3) is 6.00. The number of benzene rings is 2. The smallest absolute Gasteiger partial charge is 0.332 e. The standard InChI is InChI=1S/C23H25N3O5/c1-14(27)19-13-20(26-25-19)22(29)24-18(12-21(28)23(30)31)11-15-7-9-17(10-8-15)16-5-3-2-4-6-16/h2-10,13-14,18,21,27-28H,11-12H2,1H3,(H,24,29)(H,25,26)(H,30,31). The van der Waals surface area contributed by atoms with Crippen molar-refractivity contribution in [3.8, 4) is 11.1 Å². The number of carboxylic acids is 1. The number of aromatic amines is 1. The second kappa shape index (κ2) is 10.0. The van der Waals surface area contributed by atoms with Crippen molar-refractivity contribution < 1.29 is 24.9 Å². The molecule has 162 valence electrons. The van der Waals surface area contributed by atoms with E-state index in [0.717, 1.165) is 16.7 Å². The zero-order chi connectivity index (χ0) is 22.4. The third-order valence-corrected chi connectivity index (χ3v) is 4.95. The van der Waals surface area contributed by atoms with Gasteiger partial charge in [0.15, 0.2) is 6.10 Å². The Bertz CT molecular complexity index is 1020. The molecule has 1 amide bonds. The highest BCUT2D eigenvalue weighted by Crippen LogP contribution is 2.20. The Morgan fingerprint density at radius 1 is 1.03 bits per heavy atom. The van der Waals surface area contributed by atoms with Crippen LogP contribution in [0.2, 0.25) is 0 Å². The highest BCUT2D eigenvalue weighted by molar-refractivity contribution is 5.92. The molecule has 0 aliphatic rings.